The molecule has 1 heterocycles. The van der Waals surface area contributed by atoms with Gasteiger partial charge in [-0.05, 0) is 31.4 Å². The summed E-state index contributed by atoms with van der Waals surface area (Å²) >= 11 is 0. The molecule has 1 unspecified atom stereocenters. The van der Waals surface area contributed by atoms with E-state index in [2.05, 4.69) is 10.2 Å². The molecule has 98 valence electrons. The van der Waals surface area contributed by atoms with Crippen LogP contribution in [-0.2, 0) is 0 Å². The molecule has 2 N–H and O–H groups in total. The quantitative estimate of drug-likeness (QED) is 0.856. The summed E-state index contributed by atoms with van der Waals surface area (Å²) in [7, 11) is 1.56. The number of phenolic OH excluding ortho intramolecular Hbond substituents is 1. The number of phenols is 1. The first-order valence-electron chi connectivity index (χ1n) is 6.64. The van der Waals surface area contributed by atoms with E-state index in [1.165, 1.54) is 25.8 Å². The first-order valence-corrected chi connectivity index (χ1v) is 6.64. The molecule has 4 heteroatoms. The molecule has 0 spiro atoms. The molecule has 18 heavy (non-hydrogen) atoms. The summed E-state index contributed by atoms with van der Waals surface area (Å²) in [6.45, 7) is 2.32. The fraction of sp³-hybridized carbons (Fsp3) is 0.571. The summed E-state index contributed by atoms with van der Waals surface area (Å²) in [5.41, 5.74) is 0.968. The van der Waals surface area contributed by atoms with Gasteiger partial charge in [-0.2, -0.15) is 0 Å². The Morgan fingerprint density at radius 2 is 2.17 bits per heavy atom. The Kier molecular flexibility index (Phi) is 3.04. The Morgan fingerprint density at radius 1 is 1.33 bits per heavy atom. The van der Waals surface area contributed by atoms with Crippen molar-refractivity contribution in [2.45, 2.75) is 31.3 Å². The van der Waals surface area contributed by atoms with E-state index in [-0.39, 0.29) is 5.75 Å². The molecule has 1 saturated carbocycles. The number of rotatable bonds is 4. The Bertz CT molecular complexity index is 432. The van der Waals surface area contributed by atoms with Crippen LogP contribution >= 0.6 is 0 Å². The average molecular weight is 248 g/mol. The highest BCUT2D eigenvalue weighted by Gasteiger charge is 2.34. The lowest BCUT2D eigenvalue weighted by molar-refractivity contribution is 0.326. The zero-order chi connectivity index (χ0) is 12.5. The van der Waals surface area contributed by atoms with Crippen molar-refractivity contribution in [1.82, 2.24) is 4.90 Å². The van der Waals surface area contributed by atoms with Crippen LogP contribution in [0.2, 0.25) is 0 Å². The van der Waals surface area contributed by atoms with Gasteiger partial charge in [0.15, 0.2) is 11.5 Å². The third kappa shape index (κ3) is 2.38. The zero-order valence-corrected chi connectivity index (χ0v) is 10.7. The summed E-state index contributed by atoms with van der Waals surface area (Å²) < 4.78 is 5.04. The fourth-order valence-corrected chi connectivity index (χ4v) is 2.69. The molecule has 1 aliphatic heterocycles. The van der Waals surface area contributed by atoms with Crippen LogP contribution in [0.4, 0.5) is 5.69 Å². The Hall–Kier alpha value is -1.42. The van der Waals surface area contributed by atoms with Crippen LogP contribution in [0.1, 0.15) is 19.3 Å². The van der Waals surface area contributed by atoms with Crippen molar-refractivity contribution in [2.75, 3.05) is 25.5 Å². The summed E-state index contributed by atoms with van der Waals surface area (Å²) in [4.78, 5) is 2.57. The molecule has 1 aromatic carbocycles. The van der Waals surface area contributed by atoms with Gasteiger partial charge in [0.1, 0.15) is 0 Å². The second kappa shape index (κ2) is 4.69. The summed E-state index contributed by atoms with van der Waals surface area (Å²) in [5, 5.41) is 13.2. The van der Waals surface area contributed by atoms with Crippen molar-refractivity contribution >= 4 is 5.69 Å². The van der Waals surface area contributed by atoms with Gasteiger partial charge in [-0.25, -0.2) is 0 Å². The molecule has 0 radical (unpaired) electrons. The maximum atomic E-state index is 9.74. The lowest BCUT2D eigenvalue weighted by Gasteiger charge is -2.17. The number of aromatic hydroxyl groups is 1. The van der Waals surface area contributed by atoms with Crippen LogP contribution in [0.25, 0.3) is 0 Å². The smallest absolute Gasteiger partial charge is 0.160 e. The topological polar surface area (TPSA) is 44.7 Å². The van der Waals surface area contributed by atoms with E-state index in [0.29, 0.717) is 11.8 Å². The highest BCUT2D eigenvalue weighted by molar-refractivity contribution is 5.54. The van der Waals surface area contributed by atoms with Crippen molar-refractivity contribution in [2.24, 2.45) is 0 Å². The van der Waals surface area contributed by atoms with Crippen molar-refractivity contribution < 1.29 is 9.84 Å². The van der Waals surface area contributed by atoms with Gasteiger partial charge in [0.2, 0.25) is 0 Å². The Balaban J connectivity index is 1.60. The highest BCUT2D eigenvalue weighted by atomic mass is 16.5. The maximum absolute atomic E-state index is 9.74. The van der Waals surface area contributed by atoms with Crippen molar-refractivity contribution in [3.8, 4) is 11.5 Å². The number of benzene rings is 1. The minimum Gasteiger partial charge on any atom is -0.504 e. The van der Waals surface area contributed by atoms with Crippen molar-refractivity contribution in [1.29, 1.82) is 0 Å². The number of hydrogen-bond donors (Lipinski definition) is 2. The molecule has 2 aliphatic rings. The number of nitrogens with zero attached hydrogens (tertiary/aromatic N) is 1. The van der Waals surface area contributed by atoms with E-state index in [1.807, 2.05) is 6.07 Å². The van der Waals surface area contributed by atoms with Crippen LogP contribution in [0.5, 0.6) is 11.5 Å². The van der Waals surface area contributed by atoms with Gasteiger partial charge in [0, 0.05) is 36.9 Å². The molecule has 3 rings (SSSR count). The number of methoxy groups -OCH3 is 1. The van der Waals surface area contributed by atoms with Crippen LogP contribution < -0.4 is 10.1 Å². The molecule has 4 nitrogen and oxygen atoms in total. The fourth-order valence-electron chi connectivity index (χ4n) is 2.69. The summed E-state index contributed by atoms with van der Waals surface area (Å²) in [6, 6.07) is 6.84. The largest absolute Gasteiger partial charge is 0.504 e. The molecular formula is C14H20N2O2. The van der Waals surface area contributed by atoms with E-state index < -0.39 is 0 Å². The van der Waals surface area contributed by atoms with Gasteiger partial charge in [0.25, 0.3) is 0 Å². The molecule has 1 saturated heterocycles. The number of anilines is 1. The Morgan fingerprint density at radius 3 is 2.83 bits per heavy atom. The van der Waals surface area contributed by atoms with E-state index in [9.17, 15) is 5.11 Å². The third-order valence-electron chi connectivity index (χ3n) is 3.83. The van der Waals surface area contributed by atoms with Gasteiger partial charge in [0.05, 0.1) is 7.11 Å². The molecule has 1 aliphatic carbocycles. The van der Waals surface area contributed by atoms with E-state index in [0.717, 1.165) is 18.3 Å². The summed E-state index contributed by atoms with van der Waals surface area (Å²) in [6.07, 6.45) is 3.93. The molecule has 0 bridgehead atoms. The predicted octanol–water partition coefficient (Wildman–Crippen LogP) is 2.05. The van der Waals surface area contributed by atoms with Gasteiger partial charge < -0.3 is 15.2 Å². The van der Waals surface area contributed by atoms with Crippen molar-refractivity contribution in [3.05, 3.63) is 18.2 Å². The number of ether oxygens (including phenoxy) is 1. The second-order valence-electron chi connectivity index (χ2n) is 5.24. The summed E-state index contributed by atoms with van der Waals surface area (Å²) in [5.74, 6) is 0.714. The molecular weight excluding hydrogens is 228 g/mol. The maximum Gasteiger partial charge on any atom is 0.160 e. The van der Waals surface area contributed by atoms with Gasteiger partial charge in [-0.15, -0.1) is 0 Å². The zero-order valence-electron chi connectivity index (χ0n) is 10.7. The molecule has 0 amide bonds. The molecule has 1 aromatic rings. The van der Waals surface area contributed by atoms with E-state index >= 15 is 0 Å². The normalized spacial score (nSPS) is 24.2. The number of nitrogens with one attached hydrogen (secondary N) is 1. The SMILES string of the molecule is COc1ccc(NC2CCN(C3CC3)C2)cc1O. The minimum absolute atomic E-state index is 0.194. The second-order valence-corrected chi connectivity index (χ2v) is 5.24. The van der Waals surface area contributed by atoms with Gasteiger partial charge in [-0.3, -0.25) is 4.90 Å². The van der Waals surface area contributed by atoms with E-state index in [4.69, 9.17) is 4.74 Å². The predicted molar refractivity (Wildman–Crippen MR) is 71.3 cm³/mol. The van der Waals surface area contributed by atoms with Crippen LogP contribution in [0.3, 0.4) is 0 Å². The van der Waals surface area contributed by atoms with Crippen LogP contribution in [-0.4, -0.2) is 42.3 Å². The van der Waals surface area contributed by atoms with Crippen LogP contribution in [0.15, 0.2) is 18.2 Å². The first kappa shape index (κ1) is 11.7. The minimum atomic E-state index is 0.194. The van der Waals surface area contributed by atoms with Gasteiger partial charge >= 0.3 is 0 Å². The number of likely N-dealkylation sites (tertiary alicyclic amines) is 1. The standard InChI is InChI=1S/C14H20N2O2/c1-18-14-5-2-10(8-13(14)17)15-11-6-7-16(9-11)12-3-4-12/h2,5,8,11-12,15,17H,3-4,6-7,9H2,1H3. The lowest BCUT2D eigenvalue weighted by atomic mass is 10.2. The average Bonchev–Trinajstić information content (AvgIpc) is 3.11. The van der Waals surface area contributed by atoms with Gasteiger partial charge in [-0.1, -0.05) is 0 Å². The third-order valence-corrected chi connectivity index (χ3v) is 3.83. The Labute approximate surface area is 108 Å². The van der Waals surface area contributed by atoms with Crippen LogP contribution in [0, 0.1) is 0 Å². The molecule has 2 fully saturated rings. The van der Waals surface area contributed by atoms with Crippen molar-refractivity contribution in [3.63, 3.8) is 0 Å². The first-order chi connectivity index (χ1) is 8.76. The number of hydrogen-bond acceptors (Lipinski definition) is 4. The highest BCUT2D eigenvalue weighted by Crippen LogP contribution is 2.32. The molecule has 1 atom stereocenters. The monoisotopic (exact) mass is 248 g/mol. The molecule has 0 aromatic heterocycles. The lowest BCUT2D eigenvalue weighted by Crippen LogP contribution is -2.27. The van der Waals surface area contributed by atoms with E-state index in [1.54, 1.807) is 19.2 Å².